The zero-order valence-electron chi connectivity index (χ0n) is 8.88. The molecule has 1 aliphatic carbocycles. The van der Waals surface area contributed by atoms with Crippen LogP contribution in [0.15, 0.2) is 0 Å². The molecule has 2 fully saturated rings. The summed E-state index contributed by atoms with van der Waals surface area (Å²) in [6.45, 7) is 5.42. The quantitative estimate of drug-likeness (QED) is 0.697. The molecule has 0 bridgehead atoms. The average Bonchev–Trinajstić information content (AvgIpc) is 2.93. The molecule has 3 nitrogen and oxygen atoms in total. The number of hydrogen-bond donors (Lipinski definition) is 2. The molecule has 2 rings (SSSR count). The Labute approximate surface area is 85.6 Å². The molecule has 14 heavy (non-hydrogen) atoms. The Morgan fingerprint density at radius 2 is 2.21 bits per heavy atom. The fourth-order valence-electron chi connectivity index (χ4n) is 2.12. The predicted molar refractivity (Wildman–Crippen MR) is 55.9 cm³/mol. The summed E-state index contributed by atoms with van der Waals surface area (Å²) < 4.78 is 0. The van der Waals surface area contributed by atoms with Gasteiger partial charge in [0.1, 0.15) is 0 Å². The summed E-state index contributed by atoms with van der Waals surface area (Å²) in [5.41, 5.74) is 0. The minimum Gasteiger partial charge on any atom is -0.356 e. The topological polar surface area (TPSA) is 41.1 Å². The lowest BCUT2D eigenvalue weighted by Crippen LogP contribution is -2.28. The van der Waals surface area contributed by atoms with Crippen molar-refractivity contribution in [3.63, 3.8) is 0 Å². The number of rotatable bonds is 4. The standard InChI is InChI=1S/C11H20N2O/c1-8-6-12-7-10(8)4-5-13-11(14)9-2-3-9/h8-10,12H,2-7H2,1H3,(H,13,14)/t8-,10-/m1/s1. The van der Waals surface area contributed by atoms with Gasteiger partial charge in [-0.1, -0.05) is 6.92 Å². The second-order valence-corrected chi connectivity index (χ2v) is 4.75. The summed E-state index contributed by atoms with van der Waals surface area (Å²) in [4.78, 5) is 11.3. The summed E-state index contributed by atoms with van der Waals surface area (Å²) >= 11 is 0. The molecule has 3 heteroatoms. The fourth-order valence-corrected chi connectivity index (χ4v) is 2.12. The lowest BCUT2D eigenvalue weighted by Gasteiger charge is -2.13. The van der Waals surface area contributed by atoms with Crippen molar-refractivity contribution in [1.82, 2.24) is 10.6 Å². The van der Waals surface area contributed by atoms with Gasteiger partial charge in [0.2, 0.25) is 5.91 Å². The van der Waals surface area contributed by atoms with Crippen LogP contribution in [-0.2, 0) is 4.79 Å². The molecule has 0 radical (unpaired) electrons. The molecular formula is C11H20N2O. The molecule has 1 heterocycles. The van der Waals surface area contributed by atoms with Crippen LogP contribution in [0.2, 0.25) is 0 Å². The van der Waals surface area contributed by atoms with Crippen molar-refractivity contribution >= 4 is 5.91 Å². The predicted octanol–water partition coefficient (Wildman–Crippen LogP) is 0.758. The minimum atomic E-state index is 0.281. The van der Waals surface area contributed by atoms with E-state index in [9.17, 15) is 4.79 Å². The molecule has 1 saturated carbocycles. The van der Waals surface area contributed by atoms with Gasteiger partial charge < -0.3 is 10.6 Å². The third kappa shape index (κ3) is 2.47. The van der Waals surface area contributed by atoms with E-state index in [1.165, 1.54) is 0 Å². The molecule has 80 valence electrons. The Morgan fingerprint density at radius 3 is 2.79 bits per heavy atom. The van der Waals surface area contributed by atoms with E-state index in [0.717, 1.165) is 50.7 Å². The maximum Gasteiger partial charge on any atom is 0.223 e. The van der Waals surface area contributed by atoms with Gasteiger partial charge in [0, 0.05) is 12.5 Å². The van der Waals surface area contributed by atoms with Crippen LogP contribution in [0.3, 0.4) is 0 Å². The first kappa shape index (κ1) is 9.97. The number of amides is 1. The Kier molecular flexibility index (Phi) is 3.06. The van der Waals surface area contributed by atoms with E-state index in [4.69, 9.17) is 0 Å². The van der Waals surface area contributed by atoms with Crippen LogP contribution in [0.1, 0.15) is 26.2 Å². The summed E-state index contributed by atoms with van der Waals surface area (Å²) in [6.07, 6.45) is 3.34. The van der Waals surface area contributed by atoms with E-state index in [1.54, 1.807) is 0 Å². The van der Waals surface area contributed by atoms with E-state index in [0.29, 0.717) is 5.92 Å². The average molecular weight is 196 g/mol. The Morgan fingerprint density at radius 1 is 1.43 bits per heavy atom. The normalized spacial score (nSPS) is 31.8. The molecule has 2 atom stereocenters. The van der Waals surface area contributed by atoms with E-state index in [2.05, 4.69) is 17.6 Å². The highest BCUT2D eigenvalue weighted by atomic mass is 16.2. The first-order chi connectivity index (χ1) is 6.77. The van der Waals surface area contributed by atoms with Crippen LogP contribution < -0.4 is 10.6 Å². The molecule has 0 spiro atoms. The van der Waals surface area contributed by atoms with Crippen molar-refractivity contribution in [1.29, 1.82) is 0 Å². The zero-order chi connectivity index (χ0) is 9.97. The number of carbonyl (C=O) groups excluding carboxylic acids is 1. The van der Waals surface area contributed by atoms with Crippen LogP contribution in [0.25, 0.3) is 0 Å². The van der Waals surface area contributed by atoms with Crippen LogP contribution in [0, 0.1) is 17.8 Å². The Bertz CT molecular complexity index is 213. The van der Waals surface area contributed by atoms with Gasteiger partial charge in [-0.3, -0.25) is 4.79 Å². The van der Waals surface area contributed by atoms with Crippen LogP contribution >= 0.6 is 0 Å². The van der Waals surface area contributed by atoms with Gasteiger partial charge in [0.25, 0.3) is 0 Å². The van der Waals surface area contributed by atoms with Gasteiger partial charge in [-0.15, -0.1) is 0 Å². The van der Waals surface area contributed by atoms with Crippen LogP contribution in [0.4, 0.5) is 0 Å². The van der Waals surface area contributed by atoms with Crippen molar-refractivity contribution in [3.05, 3.63) is 0 Å². The van der Waals surface area contributed by atoms with Gasteiger partial charge in [0.05, 0.1) is 0 Å². The largest absolute Gasteiger partial charge is 0.356 e. The molecule has 2 aliphatic rings. The maximum absolute atomic E-state index is 11.3. The van der Waals surface area contributed by atoms with Crippen molar-refractivity contribution in [2.75, 3.05) is 19.6 Å². The minimum absolute atomic E-state index is 0.281. The molecule has 0 aromatic heterocycles. The first-order valence-electron chi connectivity index (χ1n) is 5.76. The van der Waals surface area contributed by atoms with Gasteiger partial charge in [0.15, 0.2) is 0 Å². The van der Waals surface area contributed by atoms with Crippen molar-refractivity contribution < 1.29 is 4.79 Å². The van der Waals surface area contributed by atoms with Gasteiger partial charge in [-0.2, -0.15) is 0 Å². The van der Waals surface area contributed by atoms with Gasteiger partial charge >= 0.3 is 0 Å². The molecule has 0 aromatic carbocycles. The summed E-state index contributed by atoms with van der Waals surface area (Å²) in [5.74, 6) is 2.17. The smallest absolute Gasteiger partial charge is 0.223 e. The van der Waals surface area contributed by atoms with E-state index < -0.39 is 0 Å². The molecule has 0 aromatic rings. The molecule has 0 unspecified atom stereocenters. The summed E-state index contributed by atoms with van der Waals surface area (Å²) in [5, 5.41) is 6.41. The molecular weight excluding hydrogens is 176 g/mol. The first-order valence-corrected chi connectivity index (χ1v) is 5.76. The maximum atomic E-state index is 11.3. The Hall–Kier alpha value is -0.570. The fraction of sp³-hybridized carbons (Fsp3) is 0.909. The number of nitrogens with one attached hydrogen (secondary N) is 2. The van der Waals surface area contributed by atoms with Gasteiger partial charge in [-0.25, -0.2) is 0 Å². The summed E-state index contributed by atoms with van der Waals surface area (Å²) in [6, 6.07) is 0. The van der Waals surface area contributed by atoms with E-state index >= 15 is 0 Å². The zero-order valence-corrected chi connectivity index (χ0v) is 8.88. The van der Waals surface area contributed by atoms with Crippen LogP contribution in [0.5, 0.6) is 0 Å². The lowest BCUT2D eigenvalue weighted by molar-refractivity contribution is -0.122. The van der Waals surface area contributed by atoms with Gasteiger partial charge in [-0.05, 0) is 44.2 Å². The monoisotopic (exact) mass is 196 g/mol. The van der Waals surface area contributed by atoms with E-state index in [1.807, 2.05) is 0 Å². The third-order valence-electron chi connectivity index (χ3n) is 3.44. The summed E-state index contributed by atoms with van der Waals surface area (Å²) in [7, 11) is 0. The Balaban J connectivity index is 1.59. The molecule has 1 amide bonds. The lowest BCUT2D eigenvalue weighted by atomic mass is 9.95. The molecule has 1 aliphatic heterocycles. The van der Waals surface area contributed by atoms with Crippen molar-refractivity contribution in [3.8, 4) is 0 Å². The second kappa shape index (κ2) is 4.30. The number of carbonyl (C=O) groups is 1. The number of hydrogen-bond acceptors (Lipinski definition) is 2. The van der Waals surface area contributed by atoms with Crippen LogP contribution in [-0.4, -0.2) is 25.5 Å². The third-order valence-corrected chi connectivity index (χ3v) is 3.44. The van der Waals surface area contributed by atoms with Crippen molar-refractivity contribution in [2.24, 2.45) is 17.8 Å². The molecule has 2 N–H and O–H groups in total. The molecule has 1 saturated heterocycles. The van der Waals surface area contributed by atoms with Crippen molar-refractivity contribution in [2.45, 2.75) is 26.2 Å². The second-order valence-electron chi connectivity index (χ2n) is 4.75. The highest BCUT2D eigenvalue weighted by Crippen LogP contribution is 2.28. The highest BCUT2D eigenvalue weighted by Gasteiger charge is 2.29. The SMILES string of the molecule is C[C@@H]1CNC[C@H]1CCNC(=O)C1CC1. The van der Waals surface area contributed by atoms with E-state index in [-0.39, 0.29) is 5.91 Å². The highest BCUT2D eigenvalue weighted by molar-refractivity contribution is 5.80.